The number of allylic oxidation sites excluding steroid dienone is 1. The molecule has 0 bridgehead atoms. The van der Waals surface area contributed by atoms with Crippen LogP contribution in [0.15, 0.2) is 49.1 Å². The minimum atomic E-state index is -0.673. The number of non-ortho nitro benzene ring substituents is 1. The Bertz CT molecular complexity index is 989. The van der Waals surface area contributed by atoms with Crippen molar-refractivity contribution in [2.45, 2.75) is 20.8 Å². The summed E-state index contributed by atoms with van der Waals surface area (Å²) in [6.07, 6.45) is 2.78. The maximum Gasteiger partial charge on any atom is 0.343 e. The van der Waals surface area contributed by atoms with Crippen LogP contribution in [-0.2, 0) is 9.53 Å². The van der Waals surface area contributed by atoms with Gasteiger partial charge in [-0.2, -0.15) is 0 Å². The average molecular weight is 395 g/mol. The monoisotopic (exact) mass is 395 g/mol. The van der Waals surface area contributed by atoms with Gasteiger partial charge in [0.05, 0.1) is 17.1 Å². The predicted molar refractivity (Wildman–Crippen MR) is 110 cm³/mol. The van der Waals surface area contributed by atoms with E-state index in [4.69, 9.17) is 9.47 Å². The summed E-state index contributed by atoms with van der Waals surface area (Å²) in [7, 11) is 0. The SMILES string of the molecule is C=C(C)c1ccc(C)c(OC(=O)c2ccc([N+](=O)[O-])cc2)c1/C=C/C(=O)OCC. The molecule has 7 heteroatoms. The second-order valence-electron chi connectivity index (χ2n) is 6.23. The van der Waals surface area contributed by atoms with Crippen LogP contribution >= 0.6 is 0 Å². The van der Waals surface area contributed by atoms with E-state index in [0.717, 1.165) is 5.57 Å². The molecular formula is C22H21NO6. The van der Waals surface area contributed by atoms with Gasteiger partial charge in [-0.3, -0.25) is 10.1 Å². The molecular weight excluding hydrogens is 374 g/mol. The Kier molecular flexibility index (Phi) is 7.03. The van der Waals surface area contributed by atoms with Crippen molar-refractivity contribution >= 4 is 29.3 Å². The first-order chi connectivity index (χ1) is 13.7. The number of nitrogens with zero attached hydrogens (tertiary/aromatic N) is 1. The maximum atomic E-state index is 12.6. The number of nitro groups is 1. The summed E-state index contributed by atoms with van der Waals surface area (Å²) in [5, 5.41) is 10.8. The Morgan fingerprint density at radius 3 is 2.38 bits per heavy atom. The zero-order chi connectivity index (χ0) is 21.6. The Hall–Kier alpha value is -3.74. The van der Waals surface area contributed by atoms with Gasteiger partial charge in [0.1, 0.15) is 5.75 Å². The zero-order valence-corrected chi connectivity index (χ0v) is 16.4. The van der Waals surface area contributed by atoms with Crippen molar-refractivity contribution in [1.82, 2.24) is 0 Å². The van der Waals surface area contributed by atoms with Gasteiger partial charge in [-0.1, -0.05) is 24.3 Å². The summed E-state index contributed by atoms with van der Waals surface area (Å²) in [5.74, 6) is -0.920. The molecule has 0 atom stereocenters. The van der Waals surface area contributed by atoms with Gasteiger partial charge >= 0.3 is 11.9 Å². The molecule has 7 nitrogen and oxygen atoms in total. The minimum absolute atomic E-state index is 0.125. The van der Waals surface area contributed by atoms with Crippen molar-refractivity contribution in [1.29, 1.82) is 0 Å². The van der Waals surface area contributed by atoms with E-state index in [1.54, 1.807) is 26.8 Å². The van der Waals surface area contributed by atoms with E-state index in [2.05, 4.69) is 6.58 Å². The first-order valence-corrected chi connectivity index (χ1v) is 8.85. The third-order valence-corrected chi connectivity index (χ3v) is 4.03. The molecule has 0 fully saturated rings. The predicted octanol–water partition coefficient (Wildman–Crippen LogP) is 4.73. The highest BCUT2D eigenvalue weighted by molar-refractivity contribution is 5.94. The quantitative estimate of drug-likeness (QED) is 0.221. The summed E-state index contributed by atoms with van der Waals surface area (Å²) in [6.45, 7) is 9.44. The Labute approximate surface area is 168 Å². The highest BCUT2D eigenvalue weighted by atomic mass is 16.6. The fourth-order valence-electron chi connectivity index (χ4n) is 2.59. The number of rotatable bonds is 7. The number of hydrogen-bond acceptors (Lipinski definition) is 6. The van der Waals surface area contributed by atoms with Crippen molar-refractivity contribution in [3.63, 3.8) is 0 Å². The van der Waals surface area contributed by atoms with Crippen molar-refractivity contribution in [3.05, 3.63) is 81.4 Å². The van der Waals surface area contributed by atoms with Crippen LogP contribution in [-0.4, -0.2) is 23.5 Å². The second kappa shape index (κ2) is 9.45. The third kappa shape index (κ3) is 5.38. The molecule has 2 aromatic rings. The number of hydrogen-bond donors (Lipinski definition) is 0. The van der Waals surface area contributed by atoms with Crippen LogP contribution in [0.5, 0.6) is 5.75 Å². The molecule has 0 N–H and O–H groups in total. The number of carbonyl (C=O) groups is 2. The Morgan fingerprint density at radius 1 is 1.17 bits per heavy atom. The van der Waals surface area contributed by atoms with Gasteiger partial charge in [0.15, 0.2) is 0 Å². The molecule has 150 valence electrons. The van der Waals surface area contributed by atoms with E-state index in [1.807, 2.05) is 6.07 Å². The van der Waals surface area contributed by atoms with Gasteiger partial charge < -0.3 is 9.47 Å². The van der Waals surface area contributed by atoms with Crippen LogP contribution in [0.4, 0.5) is 5.69 Å². The maximum absolute atomic E-state index is 12.6. The summed E-state index contributed by atoms with van der Waals surface area (Å²) >= 11 is 0. The molecule has 0 saturated heterocycles. The number of carbonyl (C=O) groups excluding carboxylic acids is 2. The summed E-state index contributed by atoms with van der Waals surface area (Å²) < 4.78 is 10.5. The number of ether oxygens (including phenoxy) is 2. The van der Waals surface area contributed by atoms with Gasteiger partial charge in [-0.15, -0.1) is 0 Å². The number of aryl methyl sites for hydroxylation is 1. The molecule has 0 unspecified atom stereocenters. The van der Waals surface area contributed by atoms with Crippen molar-refractivity contribution in [2.24, 2.45) is 0 Å². The number of nitro benzene ring substituents is 1. The molecule has 0 spiro atoms. The van der Waals surface area contributed by atoms with Gasteiger partial charge in [0.2, 0.25) is 0 Å². The number of esters is 2. The molecule has 0 amide bonds. The van der Waals surface area contributed by atoms with Crippen LogP contribution in [0.3, 0.4) is 0 Å². The lowest BCUT2D eigenvalue weighted by Crippen LogP contribution is -2.11. The van der Waals surface area contributed by atoms with Crippen LogP contribution < -0.4 is 4.74 Å². The molecule has 2 aromatic carbocycles. The molecule has 0 aliphatic heterocycles. The first kappa shape index (κ1) is 21.6. The fourth-order valence-corrected chi connectivity index (χ4v) is 2.59. The highest BCUT2D eigenvalue weighted by Gasteiger charge is 2.17. The second-order valence-corrected chi connectivity index (χ2v) is 6.23. The normalized spacial score (nSPS) is 10.6. The average Bonchev–Trinajstić information content (AvgIpc) is 2.68. The minimum Gasteiger partial charge on any atom is -0.463 e. The third-order valence-electron chi connectivity index (χ3n) is 4.03. The van der Waals surface area contributed by atoms with E-state index < -0.39 is 16.9 Å². The smallest absolute Gasteiger partial charge is 0.343 e. The highest BCUT2D eigenvalue weighted by Crippen LogP contribution is 2.32. The molecule has 0 heterocycles. The Morgan fingerprint density at radius 2 is 1.83 bits per heavy atom. The fraction of sp³-hybridized carbons (Fsp3) is 0.182. The van der Waals surface area contributed by atoms with Crippen molar-refractivity contribution in [3.8, 4) is 5.75 Å². The van der Waals surface area contributed by atoms with Gasteiger partial charge in [-0.25, -0.2) is 9.59 Å². The molecule has 0 radical (unpaired) electrons. The molecule has 2 rings (SSSR count). The summed E-state index contributed by atoms with van der Waals surface area (Å²) in [4.78, 5) is 34.5. The zero-order valence-electron chi connectivity index (χ0n) is 16.4. The molecule has 0 aromatic heterocycles. The van der Waals surface area contributed by atoms with Crippen molar-refractivity contribution < 1.29 is 24.0 Å². The van der Waals surface area contributed by atoms with E-state index in [0.29, 0.717) is 16.7 Å². The summed E-state index contributed by atoms with van der Waals surface area (Å²) in [6, 6.07) is 8.72. The number of benzene rings is 2. The largest absolute Gasteiger partial charge is 0.463 e. The molecule has 0 saturated carbocycles. The van der Waals surface area contributed by atoms with Crippen LogP contribution in [0.1, 0.15) is 40.9 Å². The lowest BCUT2D eigenvalue weighted by molar-refractivity contribution is -0.384. The van der Waals surface area contributed by atoms with E-state index in [9.17, 15) is 19.7 Å². The van der Waals surface area contributed by atoms with Gasteiger partial charge in [-0.05, 0) is 50.1 Å². The van der Waals surface area contributed by atoms with Crippen LogP contribution in [0.25, 0.3) is 11.6 Å². The molecule has 29 heavy (non-hydrogen) atoms. The summed E-state index contributed by atoms with van der Waals surface area (Å²) in [5.41, 5.74) is 2.66. The van der Waals surface area contributed by atoms with Gasteiger partial charge in [0.25, 0.3) is 5.69 Å². The van der Waals surface area contributed by atoms with E-state index in [1.165, 1.54) is 36.4 Å². The van der Waals surface area contributed by atoms with Crippen LogP contribution in [0, 0.1) is 17.0 Å². The lowest BCUT2D eigenvalue weighted by atomic mass is 9.97. The van der Waals surface area contributed by atoms with Crippen LogP contribution in [0.2, 0.25) is 0 Å². The lowest BCUT2D eigenvalue weighted by Gasteiger charge is -2.15. The van der Waals surface area contributed by atoms with E-state index >= 15 is 0 Å². The standard InChI is InChI=1S/C22H21NO6/c1-5-28-20(24)13-12-19-18(14(2)3)11-6-15(4)21(19)29-22(25)16-7-9-17(10-8-16)23(26)27/h6-13H,2,5H2,1,3-4H3/b13-12+. The first-order valence-electron chi connectivity index (χ1n) is 8.85. The molecule has 0 aliphatic carbocycles. The Balaban J connectivity index is 2.43. The van der Waals surface area contributed by atoms with Crippen molar-refractivity contribution in [2.75, 3.05) is 6.61 Å². The van der Waals surface area contributed by atoms with Gasteiger partial charge in [0, 0.05) is 23.8 Å². The van der Waals surface area contributed by atoms with E-state index in [-0.39, 0.29) is 23.6 Å². The topological polar surface area (TPSA) is 95.7 Å². The molecule has 0 aliphatic rings.